The van der Waals surface area contributed by atoms with Gasteiger partial charge in [-0.1, -0.05) is 12.1 Å². The third kappa shape index (κ3) is 4.22. The molecule has 0 fully saturated rings. The zero-order chi connectivity index (χ0) is 25.6. The van der Waals surface area contributed by atoms with Gasteiger partial charge in [-0.25, -0.2) is 4.98 Å². The number of nitrogen functional groups attached to an aromatic ring is 1. The summed E-state index contributed by atoms with van der Waals surface area (Å²) in [4.78, 5) is 23.8. The van der Waals surface area contributed by atoms with Crippen LogP contribution in [0.3, 0.4) is 0 Å². The highest BCUT2D eigenvalue weighted by Gasteiger charge is 2.34. The van der Waals surface area contributed by atoms with Crippen LogP contribution in [0.25, 0.3) is 16.7 Å². The molecule has 0 aliphatic carbocycles. The van der Waals surface area contributed by atoms with Crippen molar-refractivity contribution < 1.29 is 17.9 Å². The Kier molecular flexibility index (Phi) is 5.79. The average molecular weight is 496 g/mol. The number of nitrogens with zero attached hydrogens (tertiary/aromatic N) is 4. The monoisotopic (exact) mass is 496 g/mol. The predicted molar refractivity (Wildman–Crippen MR) is 131 cm³/mol. The minimum absolute atomic E-state index is 0.0501. The van der Waals surface area contributed by atoms with Crippen LogP contribution in [-0.2, 0) is 19.1 Å². The van der Waals surface area contributed by atoms with Crippen molar-refractivity contribution in [3.8, 4) is 11.4 Å². The van der Waals surface area contributed by atoms with Gasteiger partial charge in [0, 0.05) is 31.0 Å². The van der Waals surface area contributed by atoms with Crippen molar-refractivity contribution in [2.75, 3.05) is 31.8 Å². The minimum Gasteiger partial charge on any atom is -0.495 e. The summed E-state index contributed by atoms with van der Waals surface area (Å²) in [6.45, 7) is 1.70. The number of rotatable bonds is 4. The highest BCUT2D eigenvalue weighted by Crippen LogP contribution is 2.35. The quantitative estimate of drug-likeness (QED) is 0.439. The lowest BCUT2D eigenvalue weighted by molar-refractivity contribution is -0.137. The van der Waals surface area contributed by atoms with Crippen LogP contribution in [0.15, 0.2) is 53.5 Å². The van der Waals surface area contributed by atoms with E-state index in [-0.39, 0.29) is 28.4 Å². The number of para-hydroxylation sites is 1. The fraction of sp³-hybridized carbons (Fsp3) is 0.240. The summed E-state index contributed by atoms with van der Waals surface area (Å²) in [6.07, 6.45) is -2.41. The molecule has 0 atom stereocenters. The lowest BCUT2D eigenvalue weighted by atomic mass is 9.99. The molecule has 0 radical (unpaired) electrons. The van der Waals surface area contributed by atoms with Crippen molar-refractivity contribution in [2.45, 2.75) is 19.1 Å². The van der Waals surface area contributed by atoms with Gasteiger partial charge < -0.3 is 20.7 Å². The van der Waals surface area contributed by atoms with Crippen molar-refractivity contribution in [1.82, 2.24) is 19.4 Å². The van der Waals surface area contributed by atoms with Gasteiger partial charge in [0.25, 0.3) is 5.56 Å². The summed E-state index contributed by atoms with van der Waals surface area (Å²) >= 11 is 0. The summed E-state index contributed by atoms with van der Waals surface area (Å²) in [5, 5.41) is 3.35. The van der Waals surface area contributed by atoms with Gasteiger partial charge in [0.2, 0.25) is 5.95 Å². The topological polar surface area (TPSA) is 98.3 Å². The third-order valence-electron chi connectivity index (χ3n) is 6.21. The van der Waals surface area contributed by atoms with E-state index in [0.717, 1.165) is 41.8 Å². The van der Waals surface area contributed by atoms with E-state index in [0.29, 0.717) is 11.4 Å². The molecule has 2 aromatic heterocycles. The van der Waals surface area contributed by atoms with Crippen LogP contribution in [0.4, 0.5) is 30.5 Å². The number of likely N-dealkylation sites (N-methyl/N-ethyl adjacent to an activating group) is 1. The molecule has 5 rings (SSSR count). The molecule has 186 valence electrons. The molecule has 11 heteroatoms. The Morgan fingerprint density at radius 3 is 2.67 bits per heavy atom. The lowest BCUT2D eigenvalue weighted by Crippen LogP contribution is -2.26. The normalized spacial score (nSPS) is 14.0. The number of benzene rings is 2. The molecule has 0 bridgehead atoms. The maximum absolute atomic E-state index is 13.8. The van der Waals surface area contributed by atoms with Gasteiger partial charge in [-0.05, 0) is 48.9 Å². The first kappa shape index (κ1) is 23.6. The van der Waals surface area contributed by atoms with E-state index in [1.54, 1.807) is 7.11 Å². The molecule has 36 heavy (non-hydrogen) atoms. The number of hydrogen-bond donors (Lipinski definition) is 2. The molecule has 2 aromatic carbocycles. The van der Waals surface area contributed by atoms with Crippen LogP contribution < -0.4 is 21.3 Å². The second-order valence-electron chi connectivity index (χ2n) is 8.65. The number of nitrogens with two attached hydrogens (primary N) is 1. The zero-order valence-electron chi connectivity index (χ0n) is 19.6. The molecule has 0 unspecified atom stereocenters. The molecular formula is C25H23F3N6O2. The van der Waals surface area contributed by atoms with E-state index in [1.165, 1.54) is 30.0 Å². The Balaban J connectivity index is 1.66. The standard InChI is InChI=1S/C25H23F3N6O2/c1-33-8-7-14-10-21(36-2)19(9-15(14)13-33)31-24-30-12-16-18(29)11-22(35)34(23(16)32-24)20-6-4-3-5-17(20)25(26,27)28/h3-6,9-12H,7-8,13,29H2,1-2H3,(H,30,31,32). The Hall–Kier alpha value is -4.12. The molecule has 0 amide bonds. The van der Waals surface area contributed by atoms with Crippen molar-refractivity contribution in [1.29, 1.82) is 0 Å². The Morgan fingerprint density at radius 2 is 1.92 bits per heavy atom. The van der Waals surface area contributed by atoms with Gasteiger partial charge in [-0.2, -0.15) is 18.2 Å². The van der Waals surface area contributed by atoms with Gasteiger partial charge in [-0.3, -0.25) is 9.36 Å². The lowest BCUT2D eigenvalue weighted by Gasteiger charge is -2.26. The van der Waals surface area contributed by atoms with E-state index < -0.39 is 17.3 Å². The largest absolute Gasteiger partial charge is 0.495 e. The van der Waals surface area contributed by atoms with Crippen LogP contribution in [0.1, 0.15) is 16.7 Å². The first-order valence-electron chi connectivity index (χ1n) is 11.2. The Labute approximate surface area is 204 Å². The predicted octanol–water partition coefficient (Wildman–Crippen LogP) is 4.12. The van der Waals surface area contributed by atoms with E-state index in [4.69, 9.17) is 10.5 Å². The van der Waals surface area contributed by atoms with Gasteiger partial charge >= 0.3 is 6.18 Å². The number of halogens is 3. The number of anilines is 3. The molecule has 3 heterocycles. The van der Waals surface area contributed by atoms with Crippen LogP contribution in [0.2, 0.25) is 0 Å². The van der Waals surface area contributed by atoms with Gasteiger partial charge in [0.05, 0.1) is 29.4 Å². The van der Waals surface area contributed by atoms with Gasteiger partial charge in [0.15, 0.2) is 5.65 Å². The second kappa shape index (κ2) is 8.83. The highest BCUT2D eigenvalue weighted by molar-refractivity contribution is 5.89. The third-order valence-corrected chi connectivity index (χ3v) is 6.21. The average Bonchev–Trinajstić information content (AvgIpc) is 2.83. The SMILES string of the molecule is COc1cc2c(cc1Nc1ncc3c(N)cc(=O)n(-c4ccccc4C(F)(F)F)c3n1)CN(C)CC2. The van der Waals surface area contributed by atoms with E-state index >= 15 is 0 Å². The first-order valence-corrected chi connectivity index (χ1v) is 11.2. The Bertz CT molecular complexity index is 1530. The molecule has 1 aliphatic heterocycles. The van der Waals surface area contributed by atoms with Crippen molar-refractivity contribution >= 4 is 28.4 Å². The number of methoxy groups -OCH3 is 1. The van der Waals surface area contributed by atoms with Crippen LogP contribution in [0, 0.1) is 0 Å². The number of hydrogen-bond acceptors (Lipinski definition) is 7. The highest BCUT2D eigenvalue weighted by atomic mass is 19.4. The molecule has 0 saturated carbocycles. The number of aromatic nitrogens is 3. The molecule has 3 N–H and O–H groups in total. The molecule has 8 nitrogen and oxygen atoms in total. The van der Waals surface area contributed by atoms with Crippen molar-refractivity contribution in [3.63, 3.8) is 0 Å². The van der Waals surface area contributed by atoms with Crippen LogP contribution in [-0.4, -0.2) is 40.1 Å². The summed E-state index contributed by atoms with van der Waals surface area (Å²) in [6, 6.07) is 9.79. The number of pyridine rings is 1. The smallest absolute Gasteiger partial charge is 0.418 e. The zero-order valence-corrected chi connectivity index (χ0v) is 19.6. The second-order valence-corrected chi connectivity index (χ2v) is 8.65. The van der Waals surface area contributed by atoms with E-state index in [9.17, 15) is 18.0 Å². The van der Waals surface area contributed by atoms with Gasteiger partial charge in [0.1, 0.15) is 5.75 Å². The summed E-state index contributed by atoms with van der Waals surface area (Å²) in [5.74, 6) is 0.655. The maximum atomic E-state index is 13.8. The number of fused-ring (bicyclic) bond motifs is 2. The summed E-state index contributed by atoms with van der Waals surface area (Å²) in [7, 11) is 3.59. The van der Waals surface area contributed by atoms with Gasteiger partial charge in [-0.15, -0.1) is 0 Å². The molecule has 0 spiro atoms. The molecule has 0 saturated heterocycles. The molecule has 1 aliphatic rings. The maximum Gasteiger partial charge on any atom is 0.418 e. The Morgan fingerprint density at radius 1 is 1.14 bits per heavy atom. The van der Waals surface area contributed by atoms with Crippen LogP contribution >= 0.6 is 0 Å². The van der Waals surface area contributed by atoms with Crippen molar-refractivity contribution in [2.24, 2.45) is 0 Å². The summed E-state index contributed by atoms with van der Waals surface area (Å²) < 4.78 is 47.7. The molecule has 4 aromatic rings. The number of nitrogens with one attached hydrogen (secondary N) is 1. The fourth-order valence-corrected chi connectivity index (χ4v) is 4.44. The van der Waals surface area contributed by atoms with E-state index in [1.807, 2.05) is 19.2 Å². The fourth-order valence-electron chi connectivity index (χ4n) is 4.44. The van der Waals surface area contributed by atoms with E-state index in [2.05, 4.69) is 20.2 Å². The van der Waals surface area contributed by atoms with Crippen LogP contribution in [0.5, 0.6) is 5.75 Å². The summed E-state index contributed by atoms with van der Waals surface area (Å²) in [5.41, 5.74) is 6.86. The molecular weight excluding hydrogens is 473 g/mol. The van der Waals surface area contributed by atoms with Crippen molar-refractivity contribution in [3.05, 3.63) is 75.7 Å². The minimum atomic E-state index is -4.68. The number of alkyl halides is 3. The first-order chi connectivity index (χ1) is 17.2. The number of ether oxygens (including phenoxy) is 1.